The van der Waals surface area contributed by atoms with Crippen molar-refractivity contribution in [2.75, 3.05) is 21.3 Å². The quantitative estimate of drug-likeness (QED) is 0.300. The molecule has 1 heterocycles. The molecule has 0 spiro atoms. The van der Waals surface area contributed by atoms with Gasteiger partial charge in [0.05, 0.1) is 26.2 Å². The second-order valence-electron chi connectivity index (χ2n) is 6.48. The molecule has 4 nitrogen and oxygen atoms in total. The van der Waals surface area contributed by atoms with E-state index in [1.807, 2.05) is 29.6 Å². The molecule has 2 aromatic carbocycles. The van der Waals surface area contributed by atoms with E-state index in [1.54, 1.807) is 33.1 Å². The number of rotatable bonds is 9. The Kier molecular flexibility index (Phi) is 7.23. The molecule has 0 aliphatic heterocycles. The molecule has 0 N–H and O–H groups in total. The van der Waals surface area contributed by atoms with Gasteiger partial charge < -0.3 is 14.2 Å². The number of ether oxygens (including phenoxy) is 3. The van der Waals surface area contributed by atoms with E-state index in [0.717, 1.165) is 15.3 Å². The lowest BCUT2D eigenvalue weighted by Gasteiger charge is -2.20. The highest BCUT2D eigenvalue weighted by Crippen LogP contribution is 2.45. The van der Waals surface area contributed by atoms with Crippen LogP contribution in [0.4, 0.5) is 0 Å². The number of ketones is 1. The smallest absolute Gasteiger partial charge is 0.203 e. The minimum absolute atomic E-state index is 0.0963. The van der Waals surface area contributed by atoms with Gasteiger partial charge in [-0.2, -0.15) is 0 Å². The zero-order valence-electron chi connectivity index (χ0n) is 16.9. The topological polar surface area (TPSA) is 44.8 Å². The van der Waals surface area contributed by atoms with Gasteiger partial charge in [-0.3, -0.25) is 4.79 Å². The van der Waals surface area contributed by atoms with Crippen LogP contribution in [0.2, 0.25) is 0 Å². The summed E-state index contributed by atoms with van der Waals surface area (Å²) < 4.78 is 16.5. The number of carbonyl (C=O) groups is 1. The highest BCUT2D eigenvalue weighted by atomic mass is 32.2. The van der Waals surface area contributed by atoms with Crippen LogP contribution in [0.25, 0.3) is 0 Å². The fourth-order valence-electron chi connectivity index (χ4n) is 3.00. The fraction of sp³-hybridized carbons (Fsp3) is 0.261. The van der Waals surface area contributed by atoms with Crippen molar-refractivity contribution in [3.63, 3.8) is 0 Å². The van der Waals surface area contributed by atoms with Crippen LogP contribution in [-0.2, 0) is 0 Å². The third kappa shape index (κ3) is 5.14. The van der Waals surface area contributed by atoms with E-state index in [0.29, 0.717) is 23.7 Å². The first-order valence-electron chi connectivity index (χ1n) is 9.15. The lowest BCUT2D eigenvalue weighted by molar-refractivity contribution is 0.0986. The maximum absolute atomic E-state index is 12.9. The Morgan fingerprint density at radius 3 is 2.17 bits per heavy atom. The Bertz CT molecular complexity index is 925. The van der Waals surface area contributed by atoms with E-state index in [9.17, 15) is 4.79 Å². The Balaban J connectivity index is 1.99. The molecule has 1 unspecified atom stereocenters. The van der Waals surface area contributed by atoms with Crippen molar-refractivity contribution >= 4 is 28.9 Å². The van der Waals surface area contributed by atoms with Gasteiger partial charge in [-0.05, 0) is 48.2 Å². The molecule has 0 amide bonds. The lowest BCUT2D eigenvalue weighted by Crippen LogP contribution is -2.05. The number of Topliss-reactive ketones (excluding diaryl/α,β-unsaturated/α-hetero) is 1. The predicted molar refractivity (Wildman–Crippen MR) is 119 cm³/mol. The third-order valence-electron chi connectivity index (χ3n) is 4.52. The van der Waals surface area contributed by atoms with Crippen molar-refractivity contribution in [1.29, 1.82) is 0 Å². The molecule has 152 valence electrons. The van der Waals surface area contributed by atoms with Gasteiger partial charge in [0.1, 0.15) is 0 Å². The maximum Gasteiger partial charge on any atom is 0.203 e. The third-order valence-corrected chi connectivity index (χ3v) is 6.70. The highest BCUT2D eigenvalue weighted by Gasteiger charge is 2.23. The van der Waals surface area contributed by atoms with Crippen LogP contribution < -0.4 is 14.2 Å². The van der Waals surface area contributed by atoms with Gasteiger partial charge >= 0.3 is 0 Å². The van der Waals surface area contributed by atoms with Crippen molar-refractivity contribution < 1.29 is 19.0 Å². The van der Waals surface area contributed by atoms with Crippen LogP contribution in [0.15, 0.2) is 58.8 Å². The normalized spacial score (nSPS) is 11.7. The molecule has 0 bridgehead atoms. The van der Waals surface area contributed by atoms with E-state index >= 15 is 0 Å². The highest BCUT2D eigenvalue weighted by molar-refractivity contribution is 7.99. The first-order chi connectivity index (χ1) is 14.0. The van der Waals surface area contributed by atoms with Crippen molar-refractivity contribution in [3.05, 3.63) is 69.9 Å². The maximum atomic E-state index is 12.9. The molecular weight excluding hydrogens is 404 g/mol. The minimum atomic E-state index is -0.0963. The van der Waals surface area contributed by atoms with Gasteiger partial charge in [0.15, 0.2) is 17.3 Å². The summed E-state index contributed by atoms with van der Waals surface area (Å²) in [6.07, 6.45) is 0.373. The zero-order chi connectivity index (χ0) is 20.8. The SMILES string of the molecule is COc1cc(C(CC(=O)c2cccs2)Sc2ccc(C)cc2)cc(OC)c1OC. The Hall–Kier alpha value is -2.44. The Morgan fingerprint density at radius 1 is 1.00 bits per heavy atom. The fourth-order valence-corrected chi connectivity index (χ4v) is 4.81. The van der Waals surface area contributed by atoms with Crippen LogP contribution >= 0.6 is 23.1 Å². The summed E-state index contributed by atoms with van der Waals surface area (Å²) in [4.78, 5) is 14.8. The van der Waals surface area contributed by atoms with Crippen LogP contribution in [0.5, 0.6) is 17.2 Å². The van der Waals surface area contributed by atoms with E-state index in [1.165, 1.54) is 16.9 Å². The number of methoxy groups -OCH3 is 3. The molecule has 0 fully saturated rings. The standard InChI is InChI=1S/C23H24O4S2/c1-15-7-9-17(10-8-15)29-22(14-18(24)21-6-5-11-28-21)16-12-19(25-2)23(27-4)20(13-16)26-3/h5-13,22H,14H2,1-4H3. The largest absolute Gasteiger partial charge is 0.493 e. The van der Waals surface area contributed by atoms with Crippen molar-refractivity contribution in [3.8, 4) is 17.2 Å². The van der Waals surface area contributed by atoms with Crippen LogP contribution in [0, 0.1) is 6.92 Å². The number of hydrogen-bond donors (Lipinski definition) is 0. The molecule has 0 aliphatic carbocycles. The number of benzene rings is 2. The van der Waals surface area contributed by atoms with Gasteiger partial charge in [0.2, 0.25) is 5.75 Å². The van der Waals surface area contributed by atoms with Crippen molar-refractivity contribution in [2.24, 2.45) is 0 Å². The summed E-state index contributed by atoms with van der Waals surface area (Å²) >= 11 is 3.13. The van der Waals surface area contributed by atoms with Crippen LogP contribution in [-0.4, -0.2) is 27.1 Å². The molecule has 3 rings (SSSR count). The molecule has 0 saturated carbocycles. The number of hydrogen-bond acceptors (Lipinski definition) is 6. The summed E-state index contributed by atoms with van der Waals surface area (Å²) in [6.45, 7) is 2.06. The van der Waals surface area contributed by atoms with Gasteiger partial charge in [0, 0.05) is 16.6 Å². The minimum Gasteiger partial charge on any atom is -0.493 e. The van der Waals surface area contributed by atoms with Gasteiger partial charge in [-0.1, -0.05) is 23.8 Å². The van der Waals surface area contributed by atoms with E-state index in [4.69, 9.17) is 14.2 Å². The van der Waals surface area contributed by atoms with Crippen LogP contribution in [0.1, 0.15) is 32.5 Å². The van der Waals surface area contributed by atoms with Crippen molar-refractivity contribution in [2.45, 2.75) is 23.5 Å². The van der Waals surface area contributed by atoms with Gasteiger partial charge in [-0.15, -0.1) is 23.1 Å². The molecule has 29 heavy (non-hydrogen) atoms. The zero-order valence-corrected chi connectivity index (χ0v) is 18.6. The predicted octanol–water partition coefficient (Wildman–Crippen LogP) is 6.19. The molecule has 0 saturated heterocycles. The monoisotopic (exact) mass is 428 g/mol. The first kappa shape index (κ1) is 21.3. The lowest BCUT2D eigenvalue weighted by atomic mass is 10.0. The molecule has 0 aliphatic rings. The van der Waals surface area contributed by atoms with E-state index in [-0.39, 0.29) is 11.0 Å². The number of thioether (sulfide) groups is 1. The molecule has 3 aromatic rings. The molecule has 0 radical (unpaired) electrons. The van der Waals surface area contributed by atoms with Gasteiger partial charge in [0.25, 0.3) is 0 Å². The molecule has 6 heteroatoms. The van der Waals surface area contributed by atoms with Gasteiger partial charge in [-0.25, -0.2) is 0 Å². The average molecular weight is 429 g/mol. The number of aryl methyl sites for hydroxylation is 1. The van der Waals surface area contributed by atoms with Crippen LogP contribution in [0.3, 0.4) is 0 Å². The number of thiophene rings is 1. The number of carbonyl (C=O) groups excluding carboxylic acids is 1. The first-order valence-corrected chi connectivity index (χ1v) is 10.9. The Labute approximate surface area is 179 Å². The van der Waals surface area contributed by atoms with E-state index < -0.39 is 0 Å². The summed E-state index contributed by atoms with van der Waals surface area (Å²) in [6, 6.07) is 16.0. The second kappa shape index (κ2) is 9.85. The summed E-state index contributed by atoms with van der Waals surface area (Å²) in [5, 5.41) is 1.83. The summed E-state index contributed by atoms with van der Waals surface area (Å²) in [7, 11) is 4.78. The second-order valence-corrected chi connectivity index (χ2v) is 8.71. The van der Waals surface area contributed by atoms with Crippen molar-refractivity contribution in [1.82, 2.24) is 0 Å². The molecule has 1 atom stereocenters. The molecule has 1 aromatic heterocycles. The average Bonchev–Trinajstić information content (AvgIpc) is 3.28. The molecular formula is C23H24O4S2. The Morgan fingerprint density at radius 2 is 1.66 bits per heavy atom. The summed E-state index contributed by atoms with van der Waals surface area (Å²) in [5.74, 6) is 1.83. The summed E-state index contributed by atoms with van der Waals surface area (Å²) in [5.41, 5.74) is 2.16. The van der Waals surface area contributed by atoms with E-state index in [2.05, 4.69) is 31.2 Å².